The van der Waals surface area contributed by atoms with Crippen LogP contribution in [0.25, 0.3) is 0 Å². The molecule has 0 aromatic carbocycles. The minimum atomic E-state index is -0.0963. The molecule has 0 radical (unpaired) electrons. The van der Waals surface area contributed by atoms with E-state index >= 15 is 0 Å². The van der Waals surface area contributed by atoms with E-state index in [-0.39, 0.29) is 17.9 Å². The molecule has 0 aliphatic carbocycles. The highest BCUT2D eigenvalue weighted by Crippen LogP contribution is 2.16. The van der Waals surface area contributed by atoms with E-state index in [4.69, 9.17) is 0 Å². The average molecular weight is 531 g/mol. The van der Waals surface area contributed by atoms with Crippen LogP contribution in [0.3, 0.4) is 0 Å². The number of nitrogens with zero attached hydrogens (tertiary/aromatic N) is 7. The van der Waals surface area contributed by atoms with E-state index in [1.807, 2.05) is 42.3 Å². The van der Waals surface area contributed by atoms with Gasteiger partial charge in [-0.15, -0.1) is 0 Å². The molecule has 1 aliphatic heterocycles. The Morgan fingerprint density at radius 3 is 2.21 bits per heavy atom. The SMILES string of the molecule is CC(C)N1CCCn2nc(C(=O)N(C)C)cc2C1.CCN(Cc1cc(C(=O)NC(C)C)nn1CC)C(C)C. The fraction of sp³-hybridized carbons (Fsp3) is 0.714. The fourth-order valence-electron chi connectivity index (χ4n) is 4.43. The summed E-state index contributed by atoms with van der Waals surface area (Å²) in [5, 5.41) is 11.7. The van der Waals surface area contributed by atoms with E-state index in [9.17, 15) is 9.59 Å². The molecule has 1 N–H and O–H groups in total. The first-order chi connectivity index (χ1) is 17.9. The summed E-state index contributed by atoms with van der Waals surface area (Å²) < 4.78 is 3.90. The molecular weight excluding hydrogens is 480 g/mol. The van der Waals surface area contributed by atoms with Crippen molar-refractivity contribution >= 4 is 11.8 Å². The topological polar surface area (TPSA) is 91.5 Å². The van der Waals surface area contributed by atoms with E-state index in [0.29, 0.717) is 23.5 Å². The zero-order chi connectivity index (χ0) is 28.6. The van der Waals surface area contributed by atoms with Crippen LogP contribution in [-0.4, -0.2) is 91.4 Å². The van der Waals surface area contributed by atoms with Crippen LogP contribution in [-0.2, 0) is 26.2 Å². The summed E-state index contributed by atoms with van der Waals surface area (Å²) in [5.41, 5.74) is 3.30. The van der Waals surface area contributed by atoms with Crippen LogP contribution in [0.2, 0.25) is 0 Å². The van der Waals surface area contributed by atoms with E-state index in [1.165, 1.54) is 0 Å². The zero-order valence-corrected chi connectivity index (χ0v) is 25.3. The maximum Gasteiger partial charge on any atom is 0.273 e. The molecule has 0 saturated heterocycles. The number of fused-ring (bicyclic) bond motifs is 1. The maximum atomic E-state index is 12.0. The molecule has 38 heavy (non-hydrogen) atoms. The summed E-state index contributed by atoms with van der Waals surface area (Å²) in [5.74, 6) is -0.118. The van der Waals surface area contributed by atoms with Gasteiger partial charge in [-0.25, -0.2) is 0 Å². The van der Waals surface area contributed by atoms with Crippen molar-refractivity contribution in [2.24, 2.45) is 0 Å². The lowest BCUT2D eigenvalue weighted by atomic mass is 10.2. The van der Waals surface area contributed by atoms with Crippen LogP contribution in [0.1, 0.15) is 94.2 Å². The third-order valence-electron chi connectivity index (χ3n) is 6.72. The van der Waals surface area contributed by atoms with Gasteiger partial charge in [0, 0.05) is 64.9 Å². The Morgan fingerprint density at radius 1 is 1.00 bits per heavy atom. The molecule has 3 rings (SSSR count). The van der Waals surface area contributed by atoms with Crippen molar-refractivity contribution < 1.29 is 9.59 Å². The van der Waals surface area contributed by atoms with Crippen molar-refractivity contribution in [1.82, 2.24) is 39.6 Å². The van der Waals surface area contributed by atoms with Crippen LogP contribution < -0.4 is 5.32 Å². The molecule has 0 atom stereocenters. The molecular formula is C28H50N8O2. The summed E-state index contributed by atoms with van der Waals surface area (Å²) in [6.45, 7) is 22.3. The van der Waals surface area contributed by atoms with Gasteiger partial charge >= 0.3 is 0 Å². The number of carbonyl (C=O) groups is 2. The monoisotopic (exact) mass is 530 g/mol. The highest BCUT2D eigenvalue weighted by Gasteiger charge is 2.21. The molecule has 2 amide bonds. The molecule has 1 aliphatic rings. The van der Waals surface area contributed by atoms with Gasteiger partial charge in [0.1, 0.15) is 5.69 Å². The van der Waals surface area contributed by atoms with Gasteiger partial charge in [0.05, 0.1) is 11.4 Å². The number of nitrogens with one attached hydrogen (secondary N) is 1. The van der Waals surface area contributed by atoms with Gasteiger partial charge in [-0.3, -0.25) is 28.8 Å². The van der Waals surface area contributed by atoms with Crippen molar-refractivity contribution in [3.05, 3.63) is 34.9 Å². The Labute approximate surface area is 229 Å². The third kappa shape index (κ3) is 8.66. The summed E-state index contributed by atoms with van der Waals surface area (Å²) in [7, 11) is 3.51. The second kappa shape index (κ2) is 14.4. The Hall–Kier alpha value is -2.72. The average Bonchev–Trinajstić information content (AvgIpc) is 3.39. The fourth-order valence-corrected chi connectivity index (χ4v) is 4.43. The number of hydrogen-bond donors (Lipinski definition) is 1. The minimum Gasteiger partial charge on any atom is -0.348 e. The van der Waals surface area contributed by atoms with Gasteiger partial charge in [0.15, 0.2) is 5.69 Å². The molecule has 10 nitrogen and oxygen atoms in total. The normalized spacial score (nSPS) is 13.9. The smallest absolute Gasteiger partial charge is 0.273 e. The second-order valence-electron chi connectivity index (χ2n) is 11.0. The largest absolute Gasteiger partial charge is 0.348 e. The number of hydrogen-bond acceptors (Lipinski definition) is 6. The maximum absolute atomic E-state index is 12.0. The van der Waals surface area contributed by atoms with Crippen LogP contribution in [0.5, 0.6) is 0 Å². The van der Waals surface area contributed by atoms with Crippen molar-refractivity contribution in [3.8, 4) is 0 Å². The van der Waals surface area contributed by atoms with E-state index < -0.39 is 0 Å². The van der Waals surface area contributed by atoms with Crippen molar-refractivity contribution in [3.63, 3.8) is 0 Å². The molecule has 0 saturated carbocycles. The Balaban J connectivity index is 0.000000268. The number of aryl methyl sites for hydroxylation is 2. The lowest BCUT2D eigenvalue weighted by Gasteiger charge is -2.24. The van der Waals surface area contributed by atoms with Crippen LogP contribution in [0.4, 0.5) is 0 Å². The first kappa shape index (κ1) is 31.5. The van der Waals surface area contributed by atoms with Gasteiger partial charge in [0.2, 0.25) is 0 Å². The van der Waals surface area contributed by atoms with Crippen LogP contribution in [0.15, 0.2) is 12.1 Å². The first-order valence-electron chi connectivity index (χ1n) is 14.0. The summed E-state index contributed by atoms with van der Waals surface area (Å²) >= 11 is 0. The van der Waals surface area contributed by atoms with Gasteiger partial charge in [-0.1, -0.05) is 6.92 Å². The lowest BCUT2D eigenvalue weighted by molar-refractivity contribution is 0.0820. The highest BCUT2D eigenvalue weighted by molar-refractivity contribution is 5.92. The summed E-state index contributed by atoms with van der Waals surface area (Å²) in [6.07, 6.45) is 1.09. The van der Waals surface area contributed by atoms with Gasteiger partial charge < -0.3 is 10.2 Å². The molecule has 10 heteroatoms. The van der Waals surface area contributed by atoms with Crippen molar-refractivity contribution in [2.45, 2.75) is 106 Å². The third-order valence-corrected chi connectivity index (χ3v) is 6.72. The Kier molecular flexibility index (Phi) is 12.0. The second-order valence-corrected chi connectivity index (χ2v) is 11.0. The number of carbonyl (C=O) groups excluding carboxylic acids is 2. The lowest BCUT2D eigenvalue weighted by Crippen LogP contribution is -2.31. The standard InChI is InChI=1S/C15H28N4O.C13H22N4O/c1-7-18(12(5)6)10-13-9-14(17-19(13)8-2)15(20)16-11(3)4;1-10(2)16-6-5-7-17-11(9-16)8-12(14-17)13(18)15(3)4/h9,11-12H,7-8,10H2,1-6H3,(H,16,20);8,10H,5-7,9H2,1-4H3. The van der Waals surface area contributed by atoms with E-state index in [1.54, 1.807) is 19.0 Å². The van der Waals surface area contributed by atoms with Gasteiger partial charge in [0.25, 0.3) is 11.8 Å². The zero-order valence-electron chi connectivity index (χ0n) is 25.3. The quantitative estimate of drug-likeness (QED) is 0.534. The molecule has 0 fully saturated rings. The molecule has 0 spiro atoms. The predicted octanol–water partition coefficient (Wildman–Crippen LogP) is 3.47. The van der Waals surface area contributed by atoms with Gasteiger partial charge in [-0.05, 0) is 73.6 Å². The highest BCUT2D eigenvalue weighted by atomic mass is 16.2. The molecule has 0 bridgehead atoms. The Morgan fingerprint density at radius 2 is 1.68 bits per heavy atom. The van der Waals surface area contributed by atoms with Crippen molar-refractivity contribution in [2.75, 3.05) is 27.2 Å². The van der Waals surface area contributed by atoms with E-state index in [0.717, 1.165) is 57.1 Å². The minimum absolute atomic E-state index is 0.0216. The van der Waals surface area contributed by atoms with Crippen molar-refractivity contribution in [1.29, 1.82) is 0 Å². The van der Waals surface area contributed by atoms with E-state index in [2.05, 4.69) is 59.9 Å². The predicted molar refractivity (Wildman–Crippen MR) is 152 cm³/mol. The first-order valence-corrected chi connectivity index (χ1v) is 14.0. The molecule has 2 aromatic heterocycles. The Bertz CT molecular complexity index is 1040. The molecule has 0 unspecified atom stereocenters. The molecule has 3 heterocycles. The number of aromatic nitrogens is 4. The number of rotatable bonds is 9. The van der Waals surface area contributed by atoms with Crippen LogP contribution in [0, 0.1) is 0 Å². The summed E-state index contributed by atoms with van der Waals surface area (Å²) in [4.78, 5) is 30.3. The number of amides is 2. The molecule has 2 aromatic rings. The van der Waals surface area contributed by atoms with Crippen LogP contribution >= 0.6 is 0 Å². The molecule has 214 valence electrons. The summed E-state index contributed by atoms with van der Waals surface area (Å²) in [6, 6.07) is 4.98. The van der Waals surface area contributed by atoms with Gasteiger partial charge in [-0.2, -0.15) is 10.2 Å².